The molecular formula is C17H17ClN2O3. The molecule has 1 aromatic heterocycles. The predicted molar refractivity (Wildman–Crippen MR) is 88.6 cm³/mol. The number of rotatable bonds is 6. The minimum atomic E-state index is -0.460. The zero-order chi connectivity index (χ0) is 16.7. The Morgan fingerprint density at radius 2 is 1.91 bits per heavy atom. The van der Waals surface area contributed by atoms with E-state index in [1.165, 1.54) is 13.3 Å². The second-order valence-electron chi connectivity index (χ2n) is 4.95. The third kappa shape index (κ3) is 5.38. The van der Waals surface area contributed by atoms with E-state index in [2.05, 4.69) is 15.0 Å². The van der Waals surface area contributed by atoms with Crippen LogP contribution in [-0.4, -0.2) is 24.0 Å². The average Bonchev–Trinajstić information content (AvgIpc) is 2.56. The van der Waals surface area contributed by atoms with Gasteiger partial charge < -0.3 is 10.1 Å². The number of amides is 1. The number of nitrogens with zero attached hydrogens (tertiary/aromatic N) is 1. The van der Waals surface area contributed by atoms with Crippen molar-refractivity contribution in [2.75, 3.05) is 12.4 Å². The van der Waals surface area contributed by atoms with Crippen molar-refractivity contribution in [3.05, 3.63) is 58.7 Å². The third-order valence-corrected chi connectivity index (χ3v) is 3.49. The molecule has 0 radical (unpaired) electrons. The quantitative estimate of drug-likeness (QED) is 0.822. The molecule has 0 saturated heterocycles. The van der Waals surface area contributed by atoms with Gasteiger partial charge in [0.1, 0.15) is 5.82 Å². The van der Waals surface area contributed by atoms with Crippen molar-refractivity contribution in [1.29, 1.82) is 0 Å². The second-order valence-corrected chi connectivity index (χ2v) is 5.39. The number of aryl methyl sites for hydroxylation is 1. The fraction of sp³-hybridized carbons (Fsp3) is 0.235. The summed E-state index contributed by atoms with van der Waals surface area (Å²) in [4.78, 5) is 27.2. The minimum absolute atomic E-state index is 0.114. The number of hydrogen-bond acceptors (Lipinski definition) is 4. The van der Waals surface area contributed by atoms with Crippen LogP contribution in [0.1, 0.15) is 28.8 Å². The maximum absolute atomic E-state index is 11.9. The molecule has 0 aliphatic rings. The number of methoxy groups -OCH3 is 1. The summed E-state index contributed by atoms with van der Waals surface area (Å²) in [5, 5.41) is 3.40. The Morgan fingerprint density at radius 1 is 1.17 bits per heavy atom. The summed E-state index contributed by atoms with van der Waals surface area (Å²) in [7, 11) is 1.30. The van der Waals surface area contributed by atoms with E-state index in [1.807, 2.05) is 24.3 Å². The number of anilines is 1. The summed E-state index contributed by atoms with van der Waals surface area (Å²) in [6, 6.07) is 10.7. The molecule has 1 amide bonds. The van der Waals surface area contributed by atoms with Crippen LogP contribution >= 0.6 is 11.6 Å². The lowest BCUT2D eigenvalue weighted by Crippen LogP contribution is -2.13. The van der Waals surface area contributed by atoms with Crippen molar-refractivity contribution in [2.45, 2.75) is 19.3 Å². The molecule has 1 N–H and O–H groups in total. The molecule has 0 fully saturated rings. The number of carbonyl (C=O) groups excluding carboxylic acids is 2. The van der Waals surface area contributed by atoms with Crippen molar-refractivity contribution in [2.24, 2.45) is 0 Å². The molecule has 0 spiro atoms. The van der Waals surface area contributed by atoms with Crippen LogP contribution in [0.4, 0.5) is 5.82 Å². The van der Waals surface area contributed by atoms with Gasteiger partial charge >= 0.3 is 5.97 Å². The molecule has 0 bridgehead atoms. The highest BCUT2D eigenvalue weighted by molar-refractivity contribution is 6.30. The van der Waals surface area contributed by atoms with Crippen LogP contribution in [0.2, 0.25) is 5.02 Å². The Hall–Kier alpha value is -2.40. The molecule has 23 heavy (non-hydrogen) atoms. The highest BCUT2D eigenvalue weighted by atomic mass is 35.5. The standard InChI is InChI=1S/C17H17ClN2O3/c1-23-17(22)13-7-10-15(19-11-13)20-16(21)4-2-3-12-5-8-14(18)9-6-12/h5-11H,2-4H2,1H3,(H,19,20,21). The number of hydrogen-bond donors (Lipinski definition) is 1. The number of esters is 1. The van der Waals surface area contributed by atoms with Crippen molar-refractivity contribution in [1.82, 2.24) is 4.98 Å². The van der Waals surface area contributed by atoms with Gasteiger partial charge in [0.25, 0.3) is 0 Å². The van der Waals surface area contributed by atoms with Crippen LogP contribution < -0.4 is 5.32 Å². The number of carbonyl (C=O) groups is 2. The fourth-order valence-corrected chi connectivity index (χ4v) is 2.14. The highest BCUT2D eigenvalue weighted by Gasteiger charge is 2.07. The summed E-state index contributed by atoms with van der Waals surface area (Å²) in [6.07, 6.45) is 3.30. The lowest BCUT2D eigenvalue weighted by molar-refractivity contribution is -0.116. The zero-order valence-electron chi connectivity index (χ0n) is 12.7. The predicted octanol–water partition coefficient (Wildman–Crippen LogP) is 3.48. The molecule has 0 unspecified atom stereocenters. The first-order chi connectivity index (χ1) is 11.1. The van der Waals surface area contributed by atoms with Crippen LogP contribution in [0, 0.1) is 0 Å². The largest absolute Gasteiger partial charge is 0.465 e. The average molecular weight is 333 g/mol. The van der Waals surface area contributed by atoms with E-state index in [1.54, 1.807) is 12.1 Å². The molecule has 0 aliphatic heterocycles. The monoisotopic (exact) mass is 332 g/mol. The Labute approximate surface area is 139 Å². The lowest BCUT2D eigenvalue weighted by atomic mass is 10.1. The summed E-state index contributed by atoms with van der Waals surface area (Å²) >= 11 is 5.83. The van der Waals surface area contributed by atoms with Gasteiger partial charge in [-0.3, -0.25) is 4.79 Å². The summed E-state index contributed by atoms with van der Waals surface area (Å²) in [5.41, 5.74) is 1.48. The first kappa shape index (κ1) is 17.0. The van der Waals surface area contributed by atoms with Gasteiger partial charge in [0, 0.05) is 17.6 Å². The SMILES string of the molecule is COC(=O)c1ccc(NC(=O)CCCc2ccc(Cl)cc2)nc1. The molecule has 2 aromatic rings. The van der Waals surface area contributed by atoms with E-state index in [-0.39, 0.29) is 5.91 Å². The summed E-state index contributed by atoms with van der Waals surface area (Å²) in [6.45, 7) is 0. The van der Waals surface area contributed by atoms with Crippen molar-refractivity contribution < 1.29 is 14.3 Å². The van der Waals surface area contributed by atoms with Gasteiger partial charge in [-0.1, -0.05) is 23.7 Å². The normalized spacial score (nSPS) is 10.2. The highest BCUT2D eigenvalue weighted by Crippen LogP contribution is 2.12. The third-order valence-electron chi connectivity index (χ3n) is 3.23. The topological polar surface area (TPSA) is 68.3 Å². The first-order valence-corrected chi connectivity index (χ1v) is 7.55. The fourth-order valence-electron chi connectivity index (χ4n) is 2.02. The van der Waals surface area contributed by atoms with Gasteiger partial charge in [0.05, 0.1) is 12.7 Å². The Balaban J connectivity index is 1.78. The van der Waals surface area contributed by atoms with Crippen molar-refractivity contribution in [3.63, 3.8) is 0 Å². The van der Waals surface area contributed by atoms with E-state index in [0.29, 0.717) is 22.8 Å². The van der Waals surface area contributed by atoms with Crippen LogP contribution in [0.5, 0.6) is 0 Å². The zero-order valence-corrected chi connectivity index (χ0v) is 13.5. The van der Waals surface area contributed by atoms with Gasteiger partial charge in [0.2, 0.25) is 5.91 Å². The van der Waals surface area contributed by atoms with Gasteiger partial charge in [-0.15, -0.1) is 0 Å². The van der Waals surface area contributed by atoms with Gasteiger partial charge in [-0.25, -0.2) is 9.78 Å². The summed E-state index contributed by atoms with van der Waals surface area (Å²) in [5.74, 6) is -0.162. The first-order valence-electron chi connectivity index (χ1n) is 7.17. The van der Waals surface area contributed by atoms with Crippen LogP contribution in [0.15, 0.2) is 42.6 Å². The van der Waals surface area contributed by atoms with Crippen molar-refractivity contribution in [3.8, 4) is 0 Å². The number of ether oxygens (including phenoxy) is 1. The number of halogens is 1. The second kappa shape index (κ2) is 8.29. The molecule has 1 heterocycles. The van der Waals surface area contributed by atoms with Crippen LogP contribution in [0.25, 0.3) is 0 Å². The van der Waals surface area contributed by atoms with Gasteiger partial charge in [-0.05, 0) is 42.7 Å². The molecule has 5 nitrogen and oxygen atoms in total. The maximum atomic E-state index is 11.9. The molecule has 0 aliphatic carbocycles. The molecule has 120 valence electrons. The molecular weight excluding hydrogens is 316 g/mol. The molecule has 0 saturated carbocycles. The van der Waals surface area contributed by atoms with E-state index in [9.17, 15) is 9.59 Å². The van der Waals surface area contributed by atoms with Gasteiger partial charge in [-0.2, -0.15) is 0 Å². The number of aromatic nitrogens is 1. The minimum Gasteiger partial charge on any atom is -0.465 e. The molecule has 0 atom stereocenters. The van der Waals surface area contributed by atoms with E-state index in [0.717, 1.165) is 18.4 Å². The van der Waals surface area contributed by atoms with Gasteiger partial charge in [0.15, 0.2) is 0 Å². The summed E-state index contributed by atoms with van der Waals surface area (Å²) < 4.78 is 4.59. The van der Waals surface area contributed by atoms with Crippen molar-refractivity contribution >= 4 is 29.3 Å². The smallest absolute Gasteiger partial charge is 0.339 e. The molecule has 2 rings (SSSR count). The number of nitrogens with one attached hydrogen (secondary N) is 1. The van der Waals surface area contributed by atoms with Crippen LogP contribution in [0.3, 0.4) is 0 Å². The van der Waals surface area contributed by atoms with E-state index < -0.39 is 5.97 Å². The Morgan fingerprint density at radius 3 is 2.52 bits per heavy atom. The van der Waals surface area contributed by atoms with Crippen LogP contribution in [-0.2, 0) is 16.0 Å². The molecule has 6 heteroatoms. The lowest BCUT2D eigenvalue weighted by Gasteiger charge is -2.05. The van der Waals surface area contributed by atoms with E-state index >= 15 is 0 Å². The Bertz CT molecular complexity index is 669. The molecule has 1 aromatic carbocycles. The Kier molecular flexibility index (Phi) is 6.11. The maximum Gasteiger partial charge on any atom is 0.339 e. The number of pyridine rings is 1. The van der Waals surface area contributed by atoms with E-state index in [4.69, 9.17) is 11.6 Å². The number of benzene rings is 1.